The lowest BCUT2D eigenvalue weighted by Gasteiger charge is -2.07. The van der Waals surface area contributed by atoms with Crippen LogP contribution >= 0.6 is 0 Å². The van der Waals surface area contributed by atoms with Crippen molar-refractivity contribution in [3.05, 3.63) is 41.5 Å². The van der Waals surface area contributed by atoms with Gasteiger partial charge in [0.2, 0.25) is 0 Å². The van der Waals surface area contributed by atoms with Crippen LogP contribution in [0.5, 0.6) is 0 Å². The third-order valence-electron chi connectivity index (χ3n) is 2.03. The van der Waals surface area contributed by atoms with E-state index < -0.39 is 5.97 Å². The van der Waals surface area contributed by atoms with Gasteiger partial charge in [0.1, 0.15) is 6.29 Å². The molecule has 2 N–H and O–H groups in total. The van der Waals surface area contributed by atoms with Crippen molar-refractivity contribution in [1.29, 1.82) is 5.26 Å². The number of hydrogen-bond acceptors (Lipinski definition) is 4. The van der Waals surface area contributed by atoms with Crippen LogP contribution in [0.1, 0.15) is 15.9 Å². The molecular formula is C12H10N2O3. The third-order valence-corrected chi connectivity index (χ3v) is 2.03. The molecule has 0 aliphatic carbocycles. The van der Waals surface area contributed by atoms with Gasteiger partial charge in [0.05, 0.1) is 23.9 Å². The van der Waals surface area contributed by atoms with Crippen LogP contribution in [-0.2, 0) is 4.79 Å². The van der Waals surface area contributed by atoms with E-state index in [9.17, 15) is 9.59 Å². The van der Waals surface area contributed by atoms with Crippen LogP contribution in [-0.4, -0.2) is 23.9 Å². The van der Waals surface area contributed by atoms with Gasteiger partial charge in [0, 0.05) is 6.08 Å². The van der Waals surface area contributed by atoms with E-state index in [1.807, 2.05) is 6.07 Å². The number of carboxylic acids is 1. The van der Waals surface area contributed by atoms with E-state index in [-0.39, 0.29) is 12.1 Å². The second kappa shape index (κ2) is 6.08. The number of rotatable bonds is 5. The molecule has 0 bridgehead atoms. The molecule has 1 aromatic carbocycles. The van der Waals surface area contributed by atoms with Crippen LogP contribution in [0.2, 0.25) is 0 Å². The maximum absolute atomic E-state index is 10.7. The molecule has 0 saturated carbocycles. The predicted molar refractivity (Wildman–Crippen MR) is 61.1 cm³/mol. The highest BCUT2D eigenvalue weighted by Crippen LogP contribution is 2.12. The maximum atomic E-state index is 10.7. The number of nitrogens with one attached hydrogen (secondary N) is 1. The minimum atomic E-state index is -1.01. The Morgan fingerprint density at radius 1 is 1.35 bits per heavy atom. The highest BCUT2D eigenvalue weighted by molar-refractivity contribution is 5.88. The Hall–Kier alpha value is -2.61. The number of carbonyl (C=O) groups is 2. The van der Waals surface area contributed by atoms with E-state index in [0.29, 0.717) is 17.5 Å². The van der Waals surface area contributed by atoms with Crippen LogP contribution in [0.4, 0.5) is 0 Å². The molecule has 0 radical (unpaired) electrons. The highest BCUT2D eigenvalue weighted by atomic mass is 16.4. The maximum Gasteiger partial charge on any atom is 0.335 e. The van der Waals surface area contributed by atoms with Crippen molar-refractivity contribution in [2.45, 2.75) is 0 Å². The minimum absolute atomic E-state index is 0.0915. The molecule has 0 aliphatic heterocycles. The average molecular weight is 230 g/mol. The van der Waals surface area contributed by atoms with Gasteiger partial charge in [0.25, 0.3) is 0 Å². The van der Waals surface area contributed by atoms with E-state index in [0.717, 1.165) is 0 Å². The zero-order chi connectivity index (χ0) is 12.7. The van der Waals surface area contributed by atoms with Crippen molar-refractivity contribution in [3.8, 4) is 6.07 Å². The smallest absolute Gasteiger partial charge is 0.335 e. The highest BCUT2D eigenvalue weighted by Gasteiger charge is 2.04. The molecule has 86 valence electrons. The molecule has 0 aromatic heterocycles. The molecule has 0 atom stereocenters. The van der Waals surface area contributed by atoms with E-state index >= 15 is 0 Å². The van der Waals surface area contributed by atoms with Crippen LogP contribution in [0.3, 0.4) is 0 Å². The lowest BCUT2D eigenvalue weighted by Crippen LogP contribution is -2.14. The number of allylic oxidation sites excluding steroid dienone is 1. The third kappa shape index (κ3) is 3.47. The quantitative estimate of drug-likeness (QED) is 0.582. The standard InChI is InChI=1S/C12H10N2O3/c13-6-5-11(14-7-8-15)9-1-3-10(4-2-9)12(16)17/h1-5,8,14H,7H2,(H,16,17)/b11-5-. The second-order valence-electron chi connectivity index (χ2n) is 3.12. The first-order valence-electron chi connectivity index (χ1n) is 4.80. The Labute approximate surface area is 98.0 Å². The normalized spacial score (nSPS) is 10.4. The fourth-order valence-electron chi connectivity index (χ4n) is 1.24. The van der Waals surface area contributed by atoms with E-state index in [4.69, 9.17) is 10.4 Å². The van der Waals surface area contributed by atoms with Crippen molar-refractivity contribution in [3.63, 3.8) is 0 Å². The second-order valence-corrected chi connectivity index (χ2v) is 3.12. The van der Waals surface area contributed by atoms with Gasteiger partial charge >= 0.3 is 5.97 Å². The van der Waals surface area contributed by atoms with Crippen molar-refractivity contribution in [2.75, 3.05) is 6.54 Å². The Morgan fingerprint density at radius 3 is 2.41 bits per heavy atom. The summed E-state index contributed by atoms with van der Waals surface area (Å²) in [5.74, 6) is -1.01. The lowest BCUT2D eigenvalue weighted by atomic mass is 10.1. The Bertz CT molecular complexity index is 483. The molecule has 17 heavy (non-hydrogen) atoms. The molecule has 0 aliphatic rings. The number of nitriles is 1. The first-order chi connectivity index (χ1) is 8.19. The molecule has 1 aromatic rings. The molecule has 0 heterocycles. The minimum Gasteiger partial charge on any atom is -0.478 e. The van der Waals surface area contributed by atoms with Gasteiger partial charge in [-0.05, 0) is 17.7 Å². The van der Waals surface area contributed by atoms with Crippen molar-refractivity contribution < 1.29 is 14.7 Å². The fourth-order valence-corrected chi connectivity index (χ4v) is 1.24. The number of carboxylic acid groups (broad SMARTS) is 1. The fraction of sp³-hybridized carbons (Fsp3) is 0.0833. The number of nitrogens with zero attached hydrogens (tertiary/aromatic N) is 1. The first kappa shape index (κ1) is 12.5. The zero-order valence-corrected chi connectivity index (χ0v) is 8.88. The number of aromatic carboxylic acids is 1. The summed E-state index contributed by atoms with van der Waals surface area (Å²) in [7, 11) is 0. The summed E-state index contributed by atoms with van der Waals surface area (Å²) in [6, 6.07) is 7.88. The molecule has 0 spiro atoms. The van der Waals surface area contributed by atoms with Crippen LogP contribution in [0.15, 0.2) is 30.3 Å². The van der Waals surface area contributed by atoms with Gasteiger partial charge in [-0.15, -0.1) is 0 Å². The summed E-state index contributed by atoms with van der Waals surface area (Å²) in [5.41, 5.74) is 1.30. The summed E-state index contributed by atoms with van der Waals surface area (Å²) in [6.45, 7) is 0.0915. The average Bonchev–Trinajstić information content (AvgIpc) is 2.34. The van der Waals surface area contributed by atoms with Crippen LogP contribution < -0.4 is 5.32 Å². The molecule has 0 saturated heterocycles. The first-order valence-corrected chi connectivity index (χ1v) is 4.80. The predicted octanol–water partition coefficient (Wildman–Crippen LogP) is 1.04. The summed E-state index contributed by atoms with van der Waals surface area (Å²) >= 11 is 0. The van der Waals surface area contributed by atoms with Gasteiger partial charge in [-0.25, -0.2) is 4.79 Å². The van der Waals surface area contributed by atoms with E-state index in [1.165, 1.54) is 18.2 Å². The number of carbonyl (C=O) groups excluding carboxylic acids is 1. The molecule has 0 fully saturated rings. The monoisotopic (exact) mass is 230 g/mol. The summed E-state index contributed by atoms with van der Waals surface area (Å²) in [5, 5.41) is 20.1. The van der Waals surface area contributed by atoms with Gasteiger partial charge in [-0.3, -0.25) is 0 Å². The molecule has 5 nitrogen and oxygen atoms in total. The van der Waals surface area contributed by atoms with Gasteiger partial charge < -0.3 is 15.2 Å². The van der Waals surface area contributed by atoms with Gasteiger partial charge in [0.15, 0.2) is 0 Å². The number of aldehydes is 1. The lowest BCUT2D eigenvalue weighted by molar-refractivity contribution is -0.107. The Morgan fingerprint density at radius 2 is 1.94 bits per heavy atom. The molecule has 5 heteroatoms. The SMILES string of the molecule is N#C/C=C(\NCC=O)c1ccc(C(=O)O)cc1. The largest absolute Gasteiger partial charge is 0.478 e. The number of hydrogen-bond donors (Lipinski definition) is 2. The van der Waals surface area contributed by atoms with Crippen LogP contribution in [0, 0.1) is 11.3 Å². The van der Waals surface area contributed by atoms with Crippen molar-refractivity contribution in [2.24, 2.45) is 0 Å². The van der Waals surface area contributed by atoms with Crippen molar-refractivity contribution >= 4 is 18.0 Å². The van der Waals surface area contributed by atoms with E-state index in [2.05, 4.69) is 5.32 Å². The molecule has 0 unspecified atom stereocenters. The van der Waals surface area contributed by atoms with E-state index in [1.54, 1.807) is 12.1 Å². The molecule has 0 amide bonds. The molecule has 1 rings (SSSR count). The summed E-state index contributed by atoms with van der Waals surface area (Å²) in [4.78, 5) is 20.9. The number of benzene rings is 1. The summed E-state index contributed by atoms with van der Waals surface area (Å²) in [6.07, 6.45) is 1.94. The Kier molecular flexibility index (Phi) is 4.45. The molecular weight excluding hydrogens is 220 g/mol. The summed E-state index contributed by atoms with van der Waals surface area (Å²) < 4.78 is 0. The van der Waals surface area contributed by atoms with Gasteiger partial charge in [-0.1, -0.05) is 12.1 Å². The van der Waals surface area contributed by atoms with Crippen LogP contribution in [0.25, 0.3) is 5.70 Å². The zero-order valence-electron chi connectivity index (χ0n) is 8.88. The van der Waals surface area contributed by atoms with Crippen molar-refractivity contribution in [1.82, 2.24) is 5.32 Å². The van der Waals surface area contributed by atoms with Gasteiger partial charge in [-0.2, -0.15) is 5.26 Å². The Balaban J connectivity index is 2.96. The topological polar surface area (TPSA) is 90.2 Å².